The highest BCUT2D eigenvalue weighted by Crippen LogP contribution is 2.24. The molecule has 0 radical (unpaired) electrons. The average molecular weight is 445 g/mol. The van der Waals surface area contributed by atoms with Gasteiger partial charge in [0.25, 0.3) is 11.8 Å². The van der Waals surface area contributed by atoms with Crippen molar-refractivity contribution in [3.05, 3.63) is 64.4 Å². The molecule has 0 spiro atoms. The van der Waals surface area contributed by atoms with Crippen molar-refractivity contribution in [2.45, 2.75) is 25.7 Å². The van der Waals surface area contributed by atoms with E-state index in [-0.39, 0.29) is 22.8 Å². The van der Waals surface area contributed by atoms with Gasteiger partial charge in [-0.05, 0) is 68.1 Å². The number of piperidine rings is 1. The molecule has 0 saturated carbocycles. The van der Waals surface area contributed by atoms with Gasteiger partial charge in [0.05, 0.1) is 17.2 Å². The van der Waals surface area contributed by atoms with Gasteiger partial charge in [0.1, 0.15) is 11.6 Å². The lowest BCUT2D eigenvalue weighted by Gasteiger charge is -2.33. The molecule has 0 bridgehead atoms. The Kier molecular flexibility index (Phi) is 6.76. The molecule has 0 aliphatic carbocycles. The van der Waals surface area contributed by atoms with Gasteiger partial charge in [0.2, 0.25) is 0 Å². The summed E-state index contributed by atoms with van der Waals surface area (Å²) in [6.07, 6.45) is 3.98. The van der Waals surface area contributed by atoms with E-state index in [1.807, 2.05) is 29.2 Å². The number of amides is 2. The molecule has 1 unspecified atom stereocenters. The van der Waals surface area contributed by atoms with Crippen molar-refractivity contribution in [1.29, 1.82) is 0 Å². The zero-order valence-electron chi connectivity index (χ0n) is 17.4. The molecular weight excluding hydrogens is 419 g/mol. The number of benzene rings is 2. The topological polar surface area (TPSA) is 49.9 Å². The van der Waals surface area contributed by atoms with Crippen molar-refractivity contribution in [1.82, 2.24) is 9.80 Å². The standard InChI is InChI=1S/C24H26ClFN2O3/c25-22-14-19(26)7-10-21(22)24(30)28-13-3-4-17(15-28)16-31-20-8-5-18(6-9-20)23(29)27-11-1-2-12-27/h5-10,14,17H,1-4,11-13,15-16H2. The number of likely N-dealkylation sites (tertiary alicyclic amines) is 2. The SMILES string of the molecule is O=C(c1ccc(OCC2CCCN(C(=O)c3ccc(F)cc3Cl)C2)cc1)N1CCCC1. The van der Waals surface area contributed by atoms with Gasteiger partial charge in [-0.1, -0.05) is 11.6 Å². The smallest absolute Gasteiger partial charge is 0.255 e. The van der Waals surface area contributed by atoms with Crippen LogP contribution in [0.1, 0.15) is 46.4 Å². The van der Waals surface area contributed by atoms with Gasteiger partial charge >= 0.3 is 0 Å². The molecule has 1 atom stereocenters. The number of carbonyl (C=O) groups is 2. The van der Waals surface area contributed by atoms with Gasteiger partial charge in [-0.3, -0.25) is 9.59 Å². The van der Waals surface area contributed by atoms with Crippen molar-refractivity contribution < 1.29 is 18.7 Å². The number of hydrogen-bond acceptors (Lipinski definition) is 3. The van der Waals surface area contributed by atoms with E-state index in [9.17, 15) is 14.0 Å². The predicted molar refractivity (Wildman–Crippen MR) is 117 cm³/mol. The average Bonchev–Trinajstić information content (AvgIpc) is 3.32. The highest BCUT2D eigenvalue weighted by Gasteiger charge is 2.26. The highest BCUT2D eigenvalue weighted by atomic mass is 35.5. The molecular formula is C24H26ClFN2O3. The van der Waals surface area contributed by atoms with Gasteiger partial charge < -0.3 is 14.5 Å². The first-order valence-electron chi connectivity index (χ1n) is 10.8. The Labute approximate surface area is 186 Å². The maximum Gasteiger partial charge on any atom is 0.255 e. The van der Waals surface area contributed by atoms with Crippen LogP contribution < -0.4 is 4.74 Å². The van der Waals surface area contributed by atoms with Crippen LogP contribution in [0.3, 0.4) is 0 Å². The van der Waals surface area contributed by atoms with Crippen LogP contribution in [0.4, 0.5) is 4.39 Å². The molecule has 2 aliphatic heterocycles. The highest BCUT2D eigenvalue weighted by molar-refractivity contribution is 6.33. The van der Waals surface area contributed by atoms with Crippen molar-refractivity contribution in [2.24, 2.45) is 5.92 Å². The summed E-state index contributed by atoms with van der Waals surface area (Å²) >= 11 is 6.06. The fourth-order valence-corrected chi connectivity index (χ4v) is 4.48. The molecule has 2 aliphatic rings. The molecule has 2 amide bonds. The van der Waals surface area contributed by atoms with Crippen LogP contribution in [0.15, 0.2) is 42.5 Å². The molecule has 2 heterocycles. The van der Waals surface area contributed by atoms with Crippen LogP contribution >= 0.6 is 11.6 Å². The number of halogens is 2. The van der Waals surface area contributed by atoms with E-state index < -0.39 is 5.82 Å². The summed E-state index contributed by atoms with van der Waals surface area (Å²) in [4.78, 5) is 28.9. The monoisotopic (exact) mass is 444 g/mol. The molecule has 2 saturated heterocycles. The Bertz CT molecular complexity index is 944. The second-order valence-electron chi connectivity index (χ2n) is 8.22. The Balaban J connectivity index is 1.31. The van der Waals surface area contributed by atoms with Crippen LogP contribution in [0.5, 0.6) is 5.75 Å². The molecule has 164 valence electrons. The lowest BCUT2D eigenvalue weighted by Crippen LogP contribution is -2.41. The fraction of sp³-hybridized carbons (Fsp3) is 0.417. The number of carbonyl (C=O) groups excluding carboxylic acids is 2. The quantitative estimate of drug-likeness (QED) is 0.674. The fourth-order valence-electron chi connectivity index (χ4n) is 4.23. The first-order chi connectivity index (χ1) is 15.0. The Hall–Kier alpha value is -2.60. The van der Waals surface area contributed by atoms with Gasteiger partial charge in [-0.15, -0.1) is 0 Å². The zero-order chi connectivity index (χ0) is 21.8. The van der Waals surface area contributed by atoms with Crippen LogP contribution in [-0.4, -0.2) is 54.4 Å². The summed E-state index contributed by atoms with van der Waals surface area (Å²) in [7, 11) is 0. The summed E-state index contributed by atoms with van der Waals surface area (Å²) in [5, 5.41) is 0.131. The second kappa shape index (κ2) is 9.69. The van der Waals surface area contributed by atoms with Crippen molar-refractivity contribution in [2.75, 3.05) is 32.8 Å². The van der Waals surface area contributed by atoms with E-state index in [1.165, 1.54) is 12.1 Å². The Morgan fingerprint density at radius 3 is 2.39 bits per heavy atom. The normalized spacial score (nSPS) is 18.8. The lowest BCUT2D eigenvalue weighted by molar-refractivity contribution is 0.0633. The predicted octanol–water partition coefficient (Wildman–Crippen LogP) is 4.65. The van der Waals surface area contributed by atoms with Crippen molar-refractivity contribution >= 4 is 23.4 Å². The summed E-state index contributed by atoms with van der Waals surface area (Å²) < 4.78 is 19.2. The van der Waals surface area contributed by atoms with Gasteiger partial charge in [0, 0.05) is 37.7 Å². The first kappa shape index (κ1) is 21.6. The maximum absolute atomic E-state index is 13.3. The van der Waals surface area contributed by atoms with E-state index in [4.69, 9.17) is 16.3 Å². The van der Waals surface area contributed by atoms with Gasteiger partial charge in [-0.25, -0.2) is 4.39 Å². The van der Waals surface area contributed by atoms with E-state index in [0.717, 1.165) is 44.8 Å². The van der Waals surface area contributed by atoms with E-state index in [1.54, 1.807) is 4.90 Å². The van der Waals surface area contributed by atoms with Gasteiger partial charge in [-0.2, -0.15) is 0 Å². The van der Waals surface area contributed by atoms with E-state index in [2.05, 4.69) is 0 Å². The molecule has 2 fully saturated rings. The molecule has 0 aromatic heterocycles. The lowest BCUT2D eigenvalue weighted by atomic mass is 9.98. The van der Waals surface area contributed by atoms with Crippen LogP contribution in [0, 0.1) is 11.7 Å². The molecule has 31 heavy (non-hydrogen) atoms. The van der Waals surface area contributed by atoms with Crippen LogP contribution in [-0.2, 0) is 0 Å². The van der Waals surface area contributed by atoms with Crippen LogP contribution in [0.2, 0.25) is 5.02 Å². The number of ether oxygens (including phenoxy) is 1. The second-order valence-corrected chi connectivity index (χ2v) is 8.63. The third-order valence-electron chi connectivity index (χ3n) is 5.95. The molecule has 2 aromatic carbocycles. The summed E-state index contributed by atoms with van der Waals surface area (Å²) in [6, 6.07) is 11.1. The molecule has 0 N–H and O–H groups in total. The summed E-state index contributed by atoms with van der Waals surface area (Å²) in [5.41, 5.74) is 1.00. The van der Waals surface area contributed by atoms with Crippen molar-refractivity contribution in [3.63, 3.8) is 0 Å². The minimum atomic E-state index is -0.459. The van der Waals surface area contributed by atoms with Crippen LogP contribution in [0.25, 0.3) is 0 Å². The van der Waals surface area contributed by atoms with Gasteiger partial charge in [0.15, 0.2) is 0 Å². The number of rotatable bonds is 5. The summed E-state index contributed by atoms with van der Waals surface area (Å²) in [6.45, 7) is 3.36. The first-order valence-corrected chi connectivity index (χ1v) is 11.2. The van der Waals surface area contributed by atoms with E-state index >= 15 is 0 Å². The Morgan fingerprint density at radius 1 is 0.968 bits per heavy atom. The minimum Gasteiger partial charge on any atom is -0.493 e. The summed E-state index contributed by atoms with van der Waals surface area (Å²) in [5.74, 6) is 0.342. The molecule has 7 heteroatoms. The largest absolute Gasteiger partial charge is 0.493 e. The Morgan fingerprint density at radius 2 is 1.68 bits per heavy atom. The molecule has 5 nitrogen and oxygen atoms in total. The molecule has 2 aromatic rings. The minimum absolute atomic E-state index is 0.0740. The third-order valence-corrected chi connectivity index (χ3v) is 6.26. The molecule has 4 rings (SSSR count). The van der Waals surface area contributed by atoms with E-state index in [0.29, 0.717) is 36.6 Å². The third kappa shape index (κ3) is 5.18. The number of hydrogen-bond donors (Lipinski definition) is 0. The number of nitrogens with zero attached hydrogens (tertiary/aromatic N) is 2. The maximum atomic E-state index is 13.3. The zero-order valence-corrected chi connectivity index (χ0v) is 18.1. The van der Waals surface area contributed by atoms with Crippen molar-refractivity contribution in [3.8, 4) is 5.75 Å².